The highest BCUT2D eigenvalue weighted by molar-refractivity contribution is 5.75. The SMILES string of the molecule is CCCCCCCCCCCCCCCCCC(=O)NCc1ccc(O)cc1. The summed E-state index contributed by atoms with van der Waals surface area (Å²) in [6, 6.07) is 6.97. The van der Waals surface area contributed by atoms with E-state index >= 15 is 0 Å². The molecule has 0 aliphatic carbocycles. The van der Waals surface area contributed by atoms with Crippen molar-refractivity contribution < 1.29 is 9.90 Å². The largest absolute Gasteiger partial charge is 0.508 e. The number of carbonyl (C=O) groups excluding carboxylic acids is 1. The molecule has 0 heterocycles. The molecule has 0 saturated carbocycles. The molecular weight excluding hydrogens is 346 g/mol. The fourth-order valence-corrected chi connectivity index (χ4v) is 3.56. The lowest BCUT2D eigenvalue weighted by Gasteiger charge is -2.06. The van der Waals surface area contributed by atoms with Gasteiger partial charge in [-0.15, -0.1) is 0 Å². The van der Waals surface area contributed by atoms with Crippen molar-refractivity contribution in [2.75, 3.05) is 0 Å². The van der Waals surface area contributed by atoms with Crippen molar-refractivity contribution in [2.24, 2.45) is 0 Å². The van der Waals surface area contributed by atoms with Crippen LogP contribution in [-0.4, -0.2) is 11.0 Å². The molecule has 0 spiro atoms. The lowest BCUT2D eigenvalue weighted by Crippen LogP contribution is -2.22. The third kappa shape index (κ3) is 14.5. The zero-order valence-electron chi connectivity index (χ0n) is 18.2. The van der Waals surface area contributed by atoms with Crippen molar-refractivity contribution in [1.29, 1.82) is 0 Å². The van der Waals surface area contributed by atoms with Crippen LogP contribution in [0.2, 0.25) is 0 Å². The molecule has 1 amide bonds. The van der Waals surface area contributed by atoms with E-state index in [1.54, 1.807) is 12.1 Å². The molecule has 3 heteroatoms. The zero-order valence-corrected chi connectivity index (χ0v) is 18.2. The minimum absolute atomic E-state index is 0.128. The van der Waals surface area contributed by atoms with E-state index in [1.165, 1.54) is 83.5 Å². The molecule has 0 saturated heterocycles. The van der Waals surface area contributed by atoms with Crippen molar-refractivity contribution in [2.45, 2.75) is 116 Å². The Kier molecular flexibility index (Phi) is 15.4. The number of carbonyl (C=O) groups is 1. The minimum Gasteiger partial charge on any atom is -0.508 e. The van der Waals surface area contributed by atoms with Gasteiger partial charge in [0.25, 0.3) is 0 Å². The number of benzene rings is 1. The summed E-state index contributed by atoms with van der Waals surface area (Å²) in [6.07, 6.45) is 20.8. The maximum atomic E-state index is 11.9. The van der Waals surface area contributed by atoms with Crippen LogP contribution in [0.15, 0.2) is 24.3 Å². The van der Waals surface area contributed by atoms with Crippen molar-refractivity contribution in [1.82, 2.24) is 5.32 Å². The van der Waals surface area contributed by atoms with E-state index in [1.807, 2.05) is 12.1 Å². The lowest BCUT2D eigenvalue weighted by molar-refractivity contribution is -0.121. The fraction of sp³-hybridized carbons (Fsp3) is 0.720. The monoisotopic (exact) mass is 389 g/mol. The van der Waals surface area contributed by atoms with Crippen LogP contribution in [-0.2, 0) is 11.3 Å². The minimum atomic E-state index is 0.128. The predicted molar refractivity (Wildman–Crippen MR) is 119 cm³/mol. The Morgan fingerprint density at radius 1 is 0.714 bits per heavy atom. The molecule has 1 aromatic carbocycles. The van der Waals surface area contributed by atoms with Gasteiger partial charge >= 0.3 is 0 Å². The topological polar surface area (TPSA) is 49.3 Å². The number of aromatic hydroxyl groups is 1. The van der Waals surface area contributed by atoms with Gasteiger partial charge in [0, 0.05) is 13.0 Å². The van der Waals surface area contributed by atoms with Gasteiger partial charge in [-0.1, -0.05) is 109 Å². The lowest BCUT2D eigenvalue weighted by atomic mass is 10.0. The van der Waals surface area contributed by atoms with Gasteiger partial charge in [0.1, 0.15) is 5.75 Å². The van der Waals surface area contributed by atoms with Crippen molar-refractivity contribution in [3.8, 4) is 5.75 Å². The molecule has 0 radical (unpaired) electrons. The van der Waals surface area contributed by atoms with Crippen LogP contribution < -0.4 is 5.32 Å². The summed E-state index contributed by atoms with van der Waals surface area (Å²) >= 11 is 0. The van der Waals surface area contributed by atoms with E-state index in [-0.39, 0.29) is 11.7 Å². The first kappa shape index (κ1) is 24.5. The van der Waals surface area contributed by atoms with E-state index < -0.39 is 0 Å². The maximum absolute atomic E-state index is 11.9. The quantitative estimate of drug-likeness (QED) is 0.259. The summed E-state index contributed by atoms with van der Waals surface area (Å²) in [5, 5.41) is 12.2. The molecular formula is C25H43NO2. The molecule has 1 aromatic rings. The first-order valence-electron chi connectivity index (χ1n) is 11.8. The molecule has 2 N–H and O–H groups in total. The first-order chi connectivity index (χ1) is 13.7. The Morgan fingerprint density at radius 3 is 1.61 bits per heavy atom. The Hall–Kier alpha value is -1.51. The van der Waals surface area contributed by atoms with Gasteiger partial charge < -0.3 is 10.4 Å². The first-order valence-corrected chi connectivity index (χ1v) is 11.8. The Labute approximate surface area is 173 Å². The highest BCUT2D eigenvalue weighted by atomic mass is 16.3. The zero-order chi connectivity index (χ0) is 20.3. The molecule has 1 rings (SSSR count). The van der Waals surface area contributed by atoms with E-state index in [0.717, 1.165) is 18.4 Å². The molecule has 0 bridgehead atoms. The molecule has 28 heavy (non-hydrogen) atoms. The van der Waals surface area contributed by atoms with E-state index in [4.69, 9.17) is 0 Å². The molecule has 0 fully saturated rings. The number of phenolic OH excluding ortho intramolecular Hbond substituents is 1. The summed E-state index contributed by atoms with van der Waals surface area (Å²) in [6.45, 7) is 2.82. The summed E-state index contributed by atoms with van der Waals surface area (Å²) in [7, 11) is 0. The van der Waals surface area contributed by atoms with Gasteiger partial charge in [0.2, 0.25) is 5.91 Å². The smallest absolute Gasteiger partial charge is 0.220 e. The average Bonchev–Trinajstić information content (AvgIpc) is 2.70. The van der Waals surface area contributed by atoms with E-state index in [9.17, 15) is 9.90 Å². The van der Waals surface area contributed by atoms with Crippen molar-refractivity contribution >= 4 is 5.91 Å². The van der Waals surface area contributed by atoms with Gasteiger partial charge in [0.05, 0.1) is 0 Å². The van der Waals surface area contributed by atoms with Gasteiger partial charge in [-0.2, -0.15) is 0 Å². The van der Waals surface area contributed by atoms with Crippen molar-refractivity contribution in [3.05, 3.63) is 29.8 Å². The number of phenols is 1. The number of unbranched alkanes of at least 4 members (excludes halogenated alkanes) is 14. The highest BCUT2D eigenvalue weighted by Gasteiger charge is 2.01. The van der Waals surface area contributed by atoms with Crippen LogP contribution >= 0.6 is 0 Å². The fourth-order valence-electron chi connectivity index (χ4n) is 3.56. The van der Waals surface area contributed by atoms with Gasteiger partial charge in [-0.3, -0.25) is 4.79 Å². The van der Waals surface area contributed by atoms with Crippen LogP contribution in [0.4, 0.5) is 0 Å². The Bertz CT molecular complexity index is 484. The number of amides is 1. The summed E-state index contributed by atoms with van der Waals surface area (Å²) in [4.78, 5) is 11.9. The molecule has 0 atom stereocenters. The number of hydrogen-bond acceptors (Lipinski definition) is 2. The van der Waals surface area contributed by atoms with Gasteiger partial charge in [-0.05, 0) is 24.1 Å². The summed E-state index contributed by atoms with van der Waals surface area (Å²) < 4.78 is 0. The van der Waals surface area contributed by atoms with E-state index in [0.29, 0.717) is 13.0 Å². The number of rotatable bonds is 18. The summed E-state index contributed by atoms with van der Waals surface area (Å²) in [5.74, 6) is 0.385. The van der Waals surface area contributed by atoms with Crippen LogP contribution in [0.5, 0.6) is 5.75 Å². The second kappa shape index (κ2) is 17.6. The van der Waals surface area contributed by atoms with Gasteiger partial charge in [0.15, 0.2) is 0 Å². The third-order valence-electron chi connectivity index (χ3n) is 5.43. The molecule has 0 aromatic heterocycles. The molecule has 0 unspecified atom stereocenters. The number of hydrogen-bond donors (Lipinski definition) is 2. The maximum Gasteiger partial charge on any atom is 0.220 e. The average molecular weight is 390 g/mol. The second-order valence-electron chi connectivity index (χ2n) is 8.14. The highest BCUT2D eigenvalue weighted by Crippen LogP contribution is 2.14. The van der Waals surface area contributed by atoms with Gasteiger partial charge in [-0.25, -0.2) is 0 Å². The molecule has 0 aliphatic heterocycles. The molecule has 3 nitrogen and oxygen atoms in total. The summed E-state index contributed by atoms with van der Waals surface area (Å²) in [5.41, 5.74) is 1.02. The Balaban J connectivity index is 1.80. The predicted octanol–water partition coefficient (Wildman–Crippen LogP) is 7.27. The van der Waals surface area contributed by atoms with Crippen LogP contribution in [0.1, 0.15) is 115 Å². The van der Waals surface area contributed by atoms with Crippen molar-refractivity contribution in [3.63, 3.8) is 0 Å². The molecule has 160 valence electrons. The second-order valence-corrected chi connectivity index (χ2v) is 8.14. The number of nitrogens with one attached hydrogen (secondary N) is 1. The normalized spacial score (nSPS) is 10.9. The standard InChI is InChI=1S/C25H43NO2/c1-2-3-4-5-6-7-8-9-10-11-12-13-14-15-16-17-25(28)26-22-23-18-20-24(27)21-19-23/h18-21,27H,2-17,22H2,1H3,(H,26,28). The van der Waals surface area contributed by atoms with Crippen LogP contribution in [0.25, 0.3) is 0 Å². The Morgan fingerprint density at radius 2 is 1.14 bits per heavy atom. The van der Waals surface area contributed by atoms with Crippen LogP contribution in [0.3, 0.4) is 0 Å². The van der Waals surface area contributed by atoms with Crippen LogP contribution in [0, 0.1) is 0 Å². The third-order valence-corrected chi connectivity index (χ3v) is 5.43. The van der Waals surface area contributed by atoms with E-state index in [2.05, 4.69) is 12.2 Å². The molecule has 0 aliphatic rings.